The second-order valence-electron chi connectivity index (χ2n) is 7.55. The second-order valence-corrected chi connectivity index (χ2v) is 7.55. The number of rotatable bonds is 9. The van der Waals surface area contributed by atoms with Crippen LogP contribution in [0.15, 0.2) is 29.1 Å². The molecular formula is C20H25CaN7O6. The monoisotopic (exact) mass is 499 g/mol. The number of aromatic amines is 1. The number of nitrogens with two attached hydrogens (primary N) is 1. The summed E-state index contributed by atoms with van der Waals surface area (Å²) in [7, 11) is 1.79. The molecule has 1 aliphatic heterocycles. The van der Waals surface area contributed by atoms with Crippen LogP contribution in [0.25, 0.3) is 0 Å². The normalized spacial score (nSPS) is 15.2. The molecule has 0 spiro atoms. The molecule has 0 saturated heterocycles. The van der Waals surface area contributed by atoms with E-state index in [0.717, 1.165) is 5.69 Å². The van der Waals surface area contributed by atoms with Crippen LogP contribution < -0.4 is 32.1 Å². The predicted octanol–water partition coefficient (Wildman–Crippen LogP) is -0.638. The maximum atomic E-state index is 12.3. The number of carboxylic acids is 2. The first-order valence-electron chi connectivity index (χ1n) is 10.1. The third kappa shape index (κ3) is 6.74. The van der Waals surface area contributed by atoms with Gasteiger partial charge in [0.1, 0.15) is 11.7 Å². The van der Waals surface area contributed by atoms with E-state index in [9.17, 15) is 24.3 Å². The third-order valence-electron chi connectivity index (χ3n) is 5.26. The topological polar surface area (TPSA) is 203 Å². The summed E-state index contributed by atoms with van der Waals surface area (Å²) in [5, 5.41) is 26.6. The van der Waals surface area contributed by atoms with Gasteiger partial charge in [0.25, 0.3) is 11.5 Å². The average molecular weight is 500 g/mol. The van der Waals surface area contributed by atoms with Gasteiger partial charge in [-0.1, -0.05) is 0 Å². The fourth-order valence-electron chi connectivity index (χ4n) is 3.42. The quantitative estimate of drug-likeness (QED) is 0.216. The van der Waals surface area contributed by atoms with E-state index in [4.69, 9.17) is 10.8 Å². The summed E-state index contributed by atoms with van der Waals surface area (Å²) in [6, 6.07) is 5.03. The summed E-state index contributed by atoms with van der Waals surface area (Å²) in [6.07, 6.45) is -0.586. The van der Waals surface area contributed by atoms with Gasteiger partial charge in [0, 0.05) is 75.5 Å². The van der Waals surface area contributed by atoms with Gasteiger partial charge in [0.2, 0.25) is 5.95 Å². The molecule has 3 rings (SSSR count). The first-order valence-corrected chi connectivity index (χ1v) is 10.1. The zero-order valence-corrected chi connectivity index (χ0v) is 20.7. The summed E-state index contributed by atoms with van der Waals surface area (Å²) < 4.78 is 0. The van der Waals surface area contributed by atoms with Crippen LogP contribution in [0.1, 0.15) is 23.2 Å². The number of fused-ring (bicyclic) bond motifs is 1. The molecule has 13 nitrogen and oxygen atoms in total. The Kier molecular flexibility index (Phi) is 9.53. The number of hydrogen-bond donors (Lipinski definition) is 7. The van der Waals surface area contributed by atoms with E-state index in [1.807, 2.05) is 4.90 Å². The largest absolute Gasteiger partial charge is 0.481 e. The predicted molar refractivity (Wildman–Crippen MR) is 126 cm³/mol. The molecule has 2 aromatic rings. The van der Waals surface area contributed by atoms with Crippen molar-refractivity contribution in [1.82, 2.24) is 15.3 Å². The Labute approximate surface area is 224 Å². The van der Waals surface area contributed by atoms with Crippen LogP contribution in [0.4, 0.5) is 23.1 Å². The van der Waals surface area contributed by atoms with Crippen molar-refractivity contribution in [3.8, 4) is 0 Å². The molecule has 1 aliphatic rings. The van der Waals surface area contributed by atoms with Crippen LogP contribution in [0.3, 0.4) is 0 Å². The SMILES string of the molecule is CN1c2c(nc(N)[nH]c2=O)NC[C@H]1CNc1ccc(C(=O)N[C@@H](CCC(=O)O)C(=O)O)cc1.[Ca]. The van der Waals surface area contributed by atoms with Crippen molar-refractivity contribution < 1.29 is 24.6 Å². The molecule has 178 valence electrons. The number of carbonyl (C=O) groups excluding carboxylic acids is 1. The zero-order chi connectivity index (χ0) is 24.1. The van der Waals surface area contributed by atoms with E-state index in [1.165, 1.54) is 12.1 Å². The Morgan fingerprint density at radius 2 is 1.94 bits per heavy atom. The number of carboxylic acid groups (broad SMARTS) is 2. The van der Waals surface area contributed by atoms with Gasteiger partial charge in [0.05, 0.1) is 6.04 Å². The smallest absolute Gasteiger partial charge is 0.326 e. The van der Waals surface area contributed by atoms with Crippen LogP contribution in [0, 0.1) is 0 Å². The number of amides is 1. The molecule has 2 atom stereocenters. The summed E-state index contributed by atoms with van der Waals surface area (Å²) in [6.45, 7) is 1.01. The van der Waals surface area contributed by atoms with Crippen molar-refractivity contribution in [2.75, 3.05) is 41.4 Å². The minimum absolute atomic E-state index is 0. The van der Waals surface area contributed by atoms with Crippen molar-refractivity contribution in [3.63, 3.8) is 0 Å². The fourth-order valence-corrected chi connectivity index (χ4v) is 3.42. The minimum Gasteiger partial charge on any atom is -0.481 e. The summed E-state index contributed by atoms with van der Waals surface area (Å²) in [5.74, 6) is -2.59. The summed E-state index contributed by atoms with van der Waals surface area (Å²) >= 11 is 0. The number of nitrogen functional groups attached to an aromatic ring is 1. The molecular weight excluding hydrogens is 474 g/mol. The molecule has 1 aromatic carbocycles. The molecule has 0 saturated carbocycles. The molecule has 0 fully saturated rings. The number of hydrogen-bond acceptors (Lipinski definition) is 9. The Morgan fingerprint density at radius 1 is 1.26 bits per heavy atom. The van der Waals surface area contributed by atoms with E-state index < -0.39 is 23.9 Å². The number of H-pyrrole nitrogens is 1. The Morgan fingerprint density at radius 3 is 2.56 bits per heavy atom. The molecule has 0 aliphatic carbocycles. The standard InChI is InChI=1S/C20H25N7O6.Ca/c1-27-12(9-23-16-15(27)18(31)26-20(21)25-16)8-22-11-4-2-10(3-5-11)17(30)24-13(19(32)33)6-7-14(28)29;/h2-5,12-13,22H,6-9H2,1H3,(H,24,30)(H,28,29)(H,32,33)(H4,21,23,25,26,31);/t12-,13+;/m1./s1. The van der Waals surface area contributed by atoms with Gasteiger partial charge in [0.15, 0.2) is 5.82 Å². The van der Waals surface area contributed by atoms with Crippen molar-refractivity contribution in [2.45, 2.75) is 24.9 Å². The molecule has 2 radical (unpaired) electrons. The van der Waals surface area contributed by atoms with E-state index >= 15 is 0 Å². The van der Waals surface area contributed by atoms with Crippen LogP contribution in [-0.4, -0.2) is 108 Å². The van der Waals surface area contributed by atoms with Crippen LogP contribution in [-0.2, 0) is 9.59 Å². The minimum atomic E-state index is -1.30. The van der Waals surface area contributed by atoms with Crippen molar-refractivity contribution in [2.24, 2.45) is 0 Å². The van der Waals surface area contributed by atoms with Gasteiger partial charge >= 0.3 is 11.9 Å². The number of likely N-dealkylation sites (N-methyl/N-ethyl adjacent to an activating group) is 1. The van der Waals surface area contributed by atoms with E-state index in [1.54, 1.807) is 19.2 Å². The number of aromatic nitrogens is 2. The summed E-state index contributed by atoms with van der Waals surface area (Å²) in [4.78, 5) is 54.9. The van der Waals surface area contributed by atoms with Crippen LogP contribution >= 0.6 is 0 Å². The van der Waals surface area contributed by atoms with Crippen molar-refractivity contribution in [1.29, 1.82) is 0 Å². The number of nitrogens with one attached hydrogen (secondary N) is 4. The number of benzene rings is 1. The van der Waals surface area contributed by atoms with Crippen molar-refractivity contribution >= 4 is 78.7 Å². The van der Waals surface area contributed by atoms with E-state index in [2.05, 4.69) is 25.9 Å². The fraction of sp³-hybridized carbons (Fsp3) is 0.350. The van der Waals surface area contributed by atoms with Gasteiger partial charge in [-0.05, 0) is 30.7 Å². The average Bonchev–Trinajstić information content (AvgIpc) is 2.75. The Balaban J connectivity index is 0.00000408. The van der Waals surface area contributed by atoms with Crippen LogP contribution in [0.5, 0.6) is 0 Å². The van der Waals surface area contributed by atoms with Gasteiger partial charge in [-0.15, -0.1) is 0 Å². The molecule has 0 unspecified atom stereocenters. The van der Waals surface area contributed by atoms with E-state index in [-0.39, 0.29) is 73.7 Å². The summed E-state index contributed by atoms with van der Waals surface area (Å²) in [5.41, 5.74) is 6.59. The van der Waals surface area contributed by atoms with Gasteiger partial charge < -0.3 is 36.8 Å². The molecule has 1 amide bonds. The molecule has 34 heavy (non-hydrogen) atoms. The number of aliphatic carboxylic acids is 2. The molecule has 1 aromatic heterocycles. The van der Waals surface area contributed by atoms with Gasteiger partial charge in [-0.3, -0.25) is 19.4 Å². The molecule has 14 heteroatoms. The van der Waals surface area contributed by atoms with Gasteiger partial charge in [-0.25, -0.2) is 4.79 Å². The van der Waals surface area contributed by atoms with Gasteiger partial charge in [-0.2, -0.15) is 4.98 Å². The van der Waals surface area contributed by atoms with Crippen LogP contribution in [0.2, 0.25) is 0 Å². The first kappa shape index (κ1) is 27.2. The maximum Gasteiger partial charge on any atom is 0.326 e. The van der Waals surface area contributed by atoms with E-state index in [0.29, 0.717) is 24.6 Å². The molecule has 2 heterocycles. The number of nitrogens with zero attached hydrogens (tertiary/aromatic N) is 2. The molecule has 0 bridgehead atoms. The Bertz CT molecular complexity index is 1110. The molecule has 8 N–H and O–H groups in total. The first-order chi connectivity index (χ1) is 15.7. The maximum absolute atomic E-state index is 12.3. The van der Waals surface area contributed by atoms with Crippen molar-refractivity contribution in [3.05, 3.63) is 40.2 Å². The third-order valence-corrected chi connectivity index (χ3v) is 5.26. The number of carbonyl (C=O) groups is 3. The zero-order valence-electron chi connectivity index (χ0n) is 18.5. The number of anilines is 4. The Hall–Kier alpha value is -3.03. The second kappa shape index (κ2) is 11.9.